The maximum atomic E-state index is 12.6. The molecule has 1 aromatic rings. The zero-order valence-electron chi connectivity index (χ0n) is 8.09. The molecule has 0 aromatic heterocycles. The molecule has 1 nitrogen and oxygen atoms in total. The van der Waals surface area contributed by atoms with E-state index >= 15 is 0 Å². The van der Waals surface area contributed by atoms with Crippen molar-refractivity contribution in [1.82, 2.24) is 0 Å². The van der Waals surface area contributed by atoms with Crippen molar-refractivity contribution in [3.05, 3.63) is 35.6 Å². The summed E-state index contributed by atoms with van der Waals surface area (Å²) in [7, 11) is 0. The summed E-state index contributed by atoms with van der Waals surface area (Å²) in [6.45, 7) is 4.79. The first kappa shape index (κ1) is 10.2. The van der Waals surface area contributed by atoms with E-state index in [9.17, 15) is 4.39 Å². The first-order chi connectivity index (χ1) is 6.24. The van der Waals surface area contributed by atoms with Gasteiger partial charge in [-0.15, -0.1) is 0 Å². The SMILES string of the molecule is CCCOC(C)c1ccc(F)cc1. The summed E-state index contributed by atoms with van der Waals surface area (Å²) in [6.07, 6.45) is 1.06. The van der Waals surface area contributed by atoms with Crippen molar-refractivity contribution < 1.29 is 9.13 Å². The lowest BCUT2D eigenvalue weighted by Crippen LogP contribution is -2.00. The van der Waals surface area contributed by atoms with E-state index in [1.807, 2.05) is 6.92 Å². The predicted molar refractivity (Wildman–Crippen MR) is 51.1 cm³/mol. The van der Waals surface area contributed by atoms with Gasteiger partial charge in [-0.1, -0.05) is 19.1 Å². The van der Waals surface area contributed by atoms with Crippen LogP contribution in [0.15, 0.2) is 24.3 Å². The van der Waals surface area contributed by atoms with Gasteiger partial charge in [-0.25, -0.2) is 4.39 Å². The number of ether oxygens (including phenoxy) is 1. The Hall–Kier alpha value is -0.890. The van der Waals surface area contributed by atoms with Gasteiger partial charge in [0.1, 0.15) is 5.82 Å². The fourth-order valence-corrected chi connectivity index (χ4v) is 1.12. The quantitative estimate of drug-likeness (QED) is 0.694. The molecule has 2 heteroatoms. The molecule has 1 rings (SSSR count). The van der Waals surface area contributed by atoms with Gasteiger partial charge >= 0.3 is 0 Å². The van der Waals surface area contributed by atoms with Gasteiger partial charge in [0, 0.05) is 6.61 Å². The second-order valence-corrected chi connectivity index (χ2v) is 3.06. The maximum Gasteiger partial charge on any atom is 0.123 e. The standard InChI is InChI=1S/C11H15FO/c1-3-8-13-9(2)10-4-6-11(12)7-5-10/h4-7,9H,3,8H2,1-2H3. The third kappa shape index (κ3) is 3.15. The minimum Gasteiger partial charge on any atom is -0.374 e. The van der Waals surface area contributed by atoms with Crippen molar-refractivity contribution in [2.45, 2.75) is 26.4 Å². The Morgan fingerprint density at radius 1 is 1.31 bits per heavy atom. The second-order valence-electron chi connectivity index (χ2n) is 3.06. The Morgan fingerprint density at radius 3 is 2.46 bits per heavy atom. The van der Waals surface area contributed by atoms with E-state index in [2.05, 4.69) is 6.92 Å². The van der Waals surface area contributed by atoms with E-state index < -0.39 is 0 Å². The molecule has 0 bridgehead atoms. The van der Waals surface area contributed by atoms with Gasteiger partial charge in [-0.3, -0.25) is 0 Å². The number of halogens is 1. The lowest BCUT2D eigenvalue weighted by Gasteiger charge is -2.12. The van der Waals surface area contributed by atoms with Crippen LogP contribution < -0.4 is 0 Å². The Bertz CT molecular complexity index is 243. The van der Waals surface area contributed by atoms with Gasteiger partial charge in [0.2, 0.25) is 0 Å². The third-order valence-corrected chi connectivity index (χ3v) is 1.91. The summed E-state index contributed by atoms with van der Waals surface area (Å²) < 4.78 is 18.1. The number of hydrogen-bond donors (Lipinski definition) is 0. The zero-order valence-corrected chi connectivity index (χ0v) is 8.09. The molecular formula is C11H15FO. The Labute approximate surface area is 78.5 Å². The summed E-state index contributed by atoms with van der Waals surface area (Å²) >= 11 is 0. The van der Waals surface area contributed by atoms with E-state index in [0.717, 1.165) is 18.6 Å². The van der Waals surface area contributed by atoms with Crippen LogP contribution in [-0.2, 0) is 4.74 Å². The number of rotatable bonds is 4. The van der Waals surface area contributed by atoms with Gasteiger partial charge < -0.3 is 4.74 Å². The Morgan fingerprint density at radius 2 is 1.92 bits per heavy atom. The summed E-state index contributed by atoms with van der Waals surface area (Å²) in [5, 5.41) is 0. The fourth-order valence-electron chi connectivity index (χ4n) is 1.12. The smallest absolute Gasteiger partial charge is 0.123 e. The maximum absolute atomic E-state index is 12.6. The third-order valence-electron chi connectivity index (χ3n) is 1.91. The highest BCUT2D eigenvalue weighted by molar-refractivity contribution is 5.17. The summed E-state index contributed by atoms with van der Waals surface area (Å²) in [6, 6.07) is 6.44. The lowest BCUT2D eigenvalue weighted by atomic mass is 10.1. The molecule has 13 heavy (non-hydrogen) atoms. The van der Waals surface area contributed by atoms with Crippen LogP contribution in [0.4, 0.5) is 4.39 Å². The summed E-state index contributed by atoms with van der Waals surface area (Å²) in [5.74, 6) is -0.202. The van der Waals surface area contributed by atoms with Gasteiger partial charge in [0.05, 0.1) is 6.10 Å². The first-order valence-corrected chi connectivity index (χ1v) is 4.61. The van der Waals surface area contributed by atoms with Crippen molar-refractivity contribution in [1.29, 1.82) is 0 Å². The molecular weight excluding hydrogens is 167 g/mol. The van der Waals surface area contributed by atoms with Crippen LogP contribution in [0.3, 0.4) is 0 Å². The first-order valence-electron chi connectivity index (χ1n) is 4.61. The van der Waals surface area contributed by atoms with E-state index in [1.165, 1.54) is 12.1 Å². The largest absolute Gasteiger partial charge is 0.374 e. The van der Waals surface area contributed by atoms with Crippen LogP contribution in [-0.4, -0.2) is 6.61 Å². The molecule has 0 radical (unpaired) electrons. The highest BCUT2D eigenvalue weighted by atomic mass is 19.1. The van der Waals surface area contributed by atoms with Gasteiger partial charge in [-0.05, 0) is 31.0 Å². The number of benzene rings is 1. The zero-order chi connectivity index (χ0) is 9.68. The van der Waals surface area contributed by atoms with Crippen LogP contribution in [0.2, 0.25) is 0 Å². The summed E-state index contributed by atoms with van der Waals surface area (Å²) in [5.41, 5.74) is 1.02. The lowest BCUT2D eigenvalue weighted by molar-refractivity contribution is 0.0662. The molecule has 1 unspecified atom stereocenters. The molecule has 0 spiro atoms. The van der Waals surface area contributed by atoms with Gasteiger partial charge in [0.25, 0.3) is 0 Å². The molecule has 0 aliphatic carbocycles. The van der Waals surface area contributed by atoms with Gasteiger partial charge in [-0.2, -0.15) is 0 Å². The van der Waals surface area contributed by atoms with E-state index in [1.54, 1.807) is 12.1 Å². The fraction of sp³-hybridized carbons (Fsp3) is 0.455. The minimum atomic E-state index is -0.202. The van der Waals surface area contributed by atoms with Crippen molar-refractivity contribution in [2.75, 3.05) is 6.61 Å². The molecule has 1 aromatic carbocycles. The highest BCUT2D eigenvalue weighted by Crippen LogP contribution is 2.16. The van der Waals surface area contributed by atoms with Gasteiger partial charge in [0.15, 0.2) is 0 Å². The minimum absolute atomic E-state index is 0.0561. The van der Waals surface area contributed by atoms with Crippen LogP contribution in [0.1, 0.15) is 31.9 Å². The molecule has 0 N–H and O–H groups in total. The molecule has 0 saturated heterocycles. The van der Waals surface area contributed by atoms with Crippen molar-refractivity contribution in [3.8, 4) is 0 Å². The Kier molecular flexibility index (Phi) is 3.90. The number of hydrogen-bond acceptors (Lipinski definition) is 1. The highest BCUT2D eigenvalue weighted by Gasteiger charge is 2.04. The van der Waals surface area contributed by atoms with Crippen LogP contribution in [0, 0.1) is 5.82 Å². The molecule has 0 fully saturated rings. The van der Waals surface area contributed by atoms with Crippen LogP contribution >= 0.6 is 0 Å². The Balaban J connectivity index is 2.55. The molecule has 72 valence electrons. The molecule has 0 aliphatic heterocycles. The van der Waals surface area contributed by atoms with Crippen molar-refractivity contribution >= 4 is 0 Å². The van der Waals surface area contributed by atoms with Crippen molar-refractivity contribution in [2.24, 2.45) is 0 Å². The molecule has 0 heterocycles. The monoisotopic (exact) mass is 182 g/mol. The average molecular weight is 182 g/mol. The van der Waals surface area contributed by atoms with Crippen LogP contribution in [0.25, 0.3) is 0 Å². The molecule has 0 saturated carbocycles. The average Bonchev–Trinajstić information content (AvgIpc) is 2.15. The van der Waals surface area contributed by atoms with Crippen molar-refractivity contribution in [3.63, 3.8) is 0 Å². The van der Waals surface area contributed by atoms with E-state index in [4.69, 9.17) is 4.74 Å². The molecule has 1 atom stereocenters. The molecule has 0 amide bonds. The second kappa shape index (κ2) is 4.97. The normalized spacial score (nSPS) is 12.8. The summed E-state index contributed by atoms with van der Waals surface area (Å²) in [4.78, 5) is 0. The van der Waals surface area contributed by atoms with E-state index in [-0.39, 0.29) is 11.9 Å². The predicted octanol–water partition coefficient (Wildman–Crippen LogP) is 3.31. The van der Waals surface area contributed by atoms with Crippen LogP contribution in [0.5, 0.6) is 0 Å². The topological polar surface area (TPSA) is 9.23 Å². The van der Waals surface area contributed by atoms with E-state index in [0.29, 0.717) is 0 Å². The molecule has 0 aliphatic rings.